The van der Waals surface area contributed by atoms with E-state index in [2.05, 4.69) is 4.72 Å². The summed E-state index contributed by atoms with van der Waals surface area (Å²) in [7, 11) is -4.27. The van der Waals surface area contributed by atoms with Crippen LogP contribution in [0.1, 0.15) is 18.9 Å². The van der Waals surface area contributed by atoms with Gasteiger partial charge in [-0.05, 0) is 55.3 Å². The summed E-state index contributed by atoms with van der Waals surface area (Å²) in [5.41, 5.74) is 1.79. The first-order chi connectivity index (χ1) is 11.8. The maximum atomic E-state index is 13.8. The van der Waals surface area contributed by atoms with E-state index >= 15 is 0 Å². The van der Waals surface area contributed by atoms with Gasteiger partial charge in [0.2, 0.25) is 5.91 Å². The van der Waals surface area contributed by atoms with Crippen LogP contribution in [0.4, 0.5) is 20.2 Å². The summed E-state index contributed by atoms with van der Waals surface area (Å²) in [6.07, 6.45) is 0.837. The molecule has 25 heavy (non-hydrogen) atoms. The fraction of sp³-hybridized carbons (Fsp3) is 0.235. The Labute approximate surface area is 144 Å². The predicted molar refractivity (Wildman–Crippen MR) is 90.0 cm³/mol. The number of halogens is 2. The summed E-state index contributed by atoms with van der Waals surface area (Å²) in [5.74, 6) is -1.86. The van der Waals surface area contributed by atoms with Gasteiger partial charge in [0.15, 0.2) is 0 Å². The molecule has 2 aromatic rings. The maximum Gasteiger partial charge on any atom is 0.264 e. The zero-order valence-electron chi connectivity index (χ0n) is 13.4. The Kier molecular flexibility index (Phi) is 4.47. The summed E-state index contributed by atoms with van der Waals surface area (Å²) in [6.45, 7) is 2.38. The maximum absolute atomic E-state index is 13.8. The average Bonchev–Trinajstić information content (AvgIpc) is 2.56. The number of carbonyl (C=O) groups excluding carboxylic acids is 1. The molecule has 0 saturated heterocycles. The van der Waals surface area contributed by atoms with Crippen molar-refractivity contribution in [1.82, 2.24) is 0 Å². The minimum atomic E-state index is -4.27. The molecule has 3 rings (SSSR count). The highest BCUT2D eigenvalue weighted by Gasteiger charge is 2.24. The van der Waals surface area contributed by atoms with Gasteiger partial charge in [0.1, 0.15) is 16.5 Å². The number of nitrogens with zero attached hydrogens (tertiary/aromatic N) is 1. The Morgan fingerprint density at radius 3 is 2.60 bits per heavy atom. The number of nitrogens with one attached hydrogen (secondary N) is 1. The summed E-state index contributed by atoms with van der Waals surface area (Å²) >= 11 is 0. The number of anilines is 2. The van der Waals surface area contributed by atoms with Crippen LogP contribution < -0.4 is 9.62 Å². The van der Waals surface area contributed by atoms with Crippen LogP contribution in [0, 0.1) is 11.6 Å². The minimum absolute atomic E-state index is 0.0187. The molecule has 0 saturated carbocycles. The lowest BCUT2D eigenvalue weighted by molar-refractivity contribution is -0.118. The number of rotatable bonds is 4. The van der Waals surface area contributed by atoms with E-state index in [1.165, 1.54) is 6.07 Å². The molecule has 0 spiro atoms. The van der Waals surface area contributed by atoms with Crippen LogP contribution in [-0.2, 0) is 21.2 Å². The van der Waals surface area contributed by atoms with Crippen LogP contribution in [0.15, 0.2) is 41.3 Å². The van der Waals surface area contributed by atoms with Gasteiger partial charge in [-0.3, -0.25) is 9.52 Å². The molecule has 0 aliphatic carbocycles. The zero-order valence-corrected chi connectivity index (χ0v) is 14.2. The molecule has 1 aliphatic rings. The van der Waals surface area contributed by atoms with Gasteiger partial charge in [-0.2, -0.15) is 0 Å². The van der Waals surface area contributed by atoms with E-state index in [-0.39, 0.29) is 11.6 Å². The molecule has 5 nitrogen and oxygen atoms in total. The quantitative estimate of drug-likeness (QED) is 0.904. The lowest BCUT2D eigenvalue weighted by atomic mass is 10.0. The van der Waals surface area contributed by atoms with Crippen molar-refractivity contribution in [2.24, 2.45) is 0 Å². The van der Waals surface area contributed by atoms with E-state index in [0.717, 1.165) is 23.4 Å². The first kappa shape index (κ1) is 17.3. The molecule has 132 valence electrons. The number of hydrogen-bond acceptors (Lipinski definition) is 3. The third kappa shape index (κ3) is 3.34. The highest BCUT2D eigenvalue weighted by Crippen LogP contribution is 2.31. The molecule has 1 amide bonds. The summed E-state index contributed by atoms with van der Waals surface area (Å²) < 4.78 is 53.9. The molecule has 1 N–H and O–H groups in total. The second-order valence-corrected chi connectivity index (χ2v) is 7.31. The van der Waals surface area contributed by atoms with Gasteiger partial charge in [0.05, 0.1) is 0 Å². The zero-order chi connectivity index (χ0) is 18.2. The standard InChI is InChI=1S/C17H16F2N2O3S/c1-2-21-15-7-5-13(9-11(15)3-8-17(21)22)20-25(23,24)16-10-12(18)4-6-14(16)19/h4-7,9-10,20H,2-3,8H2,1H3. The van der Waals surface area contributed by atoms with E-state index in [0.29, 0.717) is 25.5 Å². The van der Waals surface area contributed by atoms with Crippen molar-refractivity contribution in [3.05, 3.63) is 53.6 Å². The van der Waals surface area contributed by atoms with Gasteiger partial charge in [0.25, 0.3) is 10.0 Å². The molecule has 0 fully saturated rings. The Hall–Kier alpha value is -2.48. The number of fused-ring (bicyclic) bond motifs is 1. The topological polar surface area (TPSA) is 66.5 Å². The first-order valence-electron chi connectivity index (χ1n) is 7.73. The number of carbonyl (C=O) groups is 1. The first-order valence-corrected chi connectivity index (χ1v) is 9.21. The molecule has 0 aromatic heterocycles. The van der Waals surface area contributed by atoms with Crippen LogP contribution in [-0.4, -0.2) is 20.9 Å². The Morgan fingerprint density at radius 1 is 1.12 bits per heavy atom. The summed E-state index contributed by atoms with van der Waals surface area (Å²) in [6, 6.07) is 7.00. The molecule has 0 unspecified atom stereocenters. The molecular formula is C17H16F2N2O3S. The van der Waals surface area contributed by atoms with Crippen molar-refractivity contribution in [3.63, 3.8) is 0 Å². The SMILES string of the molecule is CCN1C(=O)CCc2cc(NS(=O)(=O)c3cc(F)ccc3F)ccc21. The van der Waals surface area contributed by atoms with E-state index < -0.39 is 26.6 Å². The number of benzene rings is 2. The summed E-state index contributed by atoms with van der Waals surface area (Å²) in [5, 5.41) is 0. The van der Waals surface area contributed by atoms with Crippen molar-refractivity contribution in [3.8, 4) is 0 Å². The fourth-order valence-corrected chi connectivity index (χ4v) is 4.00. The Balaban J connectivity index is 1.94. The number of amides is 1. The van der Waals surface area contributed by atoms with Crippen molar-refractivity contribution in [2.45, 2.75) is 24.7 Å². The second kappa shape index (κ2) is 6.44. The molecule has 0 bridgehead atoms. The normalized spacial score (nSPS) is 14.4. The Morgan fingerprint density at radius 2 is 1.88 bits per heavy atom. The third-order valence-corrected chi connectivity index (χ3v) is 5.43. The fourth-order valence-electron chi connectivity index (χ4n) is 2.86. The van der Waals surface area contributed by atoms with Crippen LogP contribution in [0.25, 0.3) is 0 Å². The molecule has 0 radical (unpaired) electrons. The van der Waals surface area contributed by atoms with Crippen LogP contribution >= 0.6 is 0 Å². The van der Waals surface area contributed by atoms with Gasteiger partial charge in [-0.25, -0.2) is 17.2 Å². The van der Waals surface area contributed by atoms with Gasteiger partial charge < -0.3 is 4.90 Å². The summed E-state index contributed by atoms with van der Waals surface area (Å²) in [4.78, 5) is 12.8. The van der Waals surface area contributed by atoms with Crippen molar-refractivity contribution in [2.75, 3.05) is 16.2 Å². The number of aryl methyl sites for hydroxylation is 1. The smallest absolute Gasteiger partial charge is 0.264 e. The monoisotopic (exact) mass is 366 g/mol. The Bertz CT molecular complexity index is 945. The minimum Gasteiger partial charge on any atom is -0.312 e. The van der Waals surface area contributed by atoms with E-state index in [1.807, 2.05) is 6.92 Å². The van der Waals surface area contributed by atoms with Gasteiger partial charge in [-0.1, -0.05) is 0 Å². The molecule has 1 aliphatic heterocycles. The molecule has 0 atom stereocenters. The number of sulfonamides is 1. The largest absolute Gasteiger partial charge is 0.312 e. The average molecular weight is 366 g/mol. The molecule has 2 aromatic carbocycles. The van der Waals surface area contributed by atoms with Crippen molar-refractivity contribution >= 4 is 27.3 Å². The lowest BCUT2D eigenvalue weighted by Gasteiger charge is -2.28. The predicted octanol–water partition coefficient (Wildman–Crippen LogP) is 3.06. The van der Waals surface area contributed by atoms with Crippen LogP contribution in [0.3, 0.4) is 0 Å². The molecule has 1 heterocycles. The van der Waals surface area contributed by atoms with E-state index in [9.17, 15) is 22.0 Å². The van der Waals surface area contributed by atoms with Crippen molar-refractivity contribution < 1.29 is 22.0 Å². The highest BCUT2D eigenvalue weighted by molar-refractivity contribution is 7.92. The lowest BCUT2D eigenvalue weighted by Crippen LogP contribution is -2.34. The van der Waals surface area contributed by atoms with Gasteiger partial charge in [0, 0.05) is 24.3 Å². The third-order valence-electron chi connectivity index (χ3n) is 4.03. The second-order valence-electron chi connectivity index (χ2n) is 5.66. The van der Waals surface area contributed by atoms with E-state index in [1.54, 1.807) is 17.0 Å². The van der Waals surface area contributed by atoms with Crippen LogP contribution in [0.2, 0.25) is 0 Å². The van der Waals surface area contributed by atoms with E-state index in [4.69, 9.17) is 0 Å². The molecule has 8 heteroatoms. The highest BCUT2D eigenvalue weighted by atomic mass is 32.2. The van der Waals surface area contributed by atoms with Gasteiger partial charge >= 0.3 is 0 Å². The molecular weight excluding hydrogens is 350 g/mol. The number of hydrogen-bond donors (Lipinski definition) is 1. The van der Waals surface area contributed by atoms with Gasteiger partial charge in [-0.15, -0.1) is 0 Å². The van der Waals surface area contributed by atoms with Crippen LogP contribution in [0.5, 0.6) is 0 Å². The van der Waals surface area contributed by atoms with Crippen molar-refractivity contribution in [1.29, 1.82) is 0 Å².